The zero-order chi connectivity index (χ0) is 27.0. The first-order valence-electron chi connectivity index (χ1n) is 15.3. The number of fused-ring (bicyclic) bond motifs is 3. The largest absolute Gasteiger partial charge is 0.489 e. The summed E-state index contributed by atoms with van der Waals surface area (Å²) in [6.07, 6.45) is 20.7. The predicted molar refractivity (Wildman–Crippen MR) is 173 cm³/mol. The molecule has 0 saturated heterocycles. The summed E-state index contributed by atoms with van der Waals surface area (Å²) in [6, 6.07) is 13.0. The lowest BCUT2D eigenvalue weighted by molar-refractivity contribution is 0.263. The third-order valence-electron chi connectivity index (χ3n) is 7.44. The summed E-state index contributed by atoms with van der Waals surface area (Å²) in [5, 5.41) is 4.65. The molecule has 3 rings (SSSR count). The van der Waals surface area contributed by atoms with Crippen molar-refractivity contribution in [2.75, 3.05) is 13.2 Å². The van der Waals surface area contributed by atoms with Crippen molar-refractivity contribution in [2.45, 2.75) is 117 Å². The number of hydrogen-bond donors (Lipinski definition) is 0. The molecule has 0 aliphatic heterocycles. The molecule has 38 heavy (non-hydrogen) atoms. The van der Waals surface area contributed by atoms with E-state index in [1.54, 1.807) is 0 Å². The van der Waals surface area contributed by atoms with Gasteiger partial charge < -0.3 is 9.47 Å². The van der Waals surface area contributed by atoms with Crippen molar-refractivity contribution in [2.24, 2.45) is 0 Å². The Hall–Kier alpha value is -1.26. The molecule has 0 atom stereocenters. The maximum atomic E-state index is 6.55. The fourth-order valence-electron chi connectivity index (χ4n) is 5.23. The van der Waals surface area contributed by atoms with E-state index in [1.165, 1.54) is 101 Å². The molecule has 2 nitrogen and oxygen atoms in total. The normalized spacial score (nSPS) is 11.5. The number of benzene rings is 3. The van der Waals surface area contributed by atoms with Gasteiger partial charge in [-0.05, 0) is 60.0 Å². The molecule has 0 heterocycles. The highest BCUT2D eigenvalue weighted by Gasteiger charge is 2.18. The summed E-state index contributed by atoms with van der Waals surface area (Å²) >= 11 is 7.37. The Kier molecular flexibility index (Phi) is 14.9. The second-order valence-electron chi connectivity index (χ2n) is 10.7. The summed E-state index contributed by atoms with van der Waals surface area (Å²) < 4.78 is 15.3. The van der Waals surface area contributed by atoms with E-state index in [9.17, 15) is 0 Å². The zero-order valence-electron chi connectivity index (χ0n) is 23.8. The second kappa shape index (κ2) is 18.2. The van der Waals surface area contributed by atoms with Gasteiger partial charge >= 0.3 is 0 Å². The number of unbranched alkanes of at least 4 members (excludes halogenated alkanes) is 14. The number of ether oxygens (including phenoxy) is 2. The highest BCUT2D eigenvalue weighted by Crippen LogP contribution is 2.45. The molecule has 0 aliphatic carbocycles. The van der Waals surface area contributed by atoms with Gasteiger partial charge in [0.25, 0.3) is 0 Å². The van der Waals surface area contributed by atoms with Crippen molar-refractivity contribution < 1.29 is 9.47 Å². The highest BCUT2D eigenvalue weighted by atomic mass is 79.9. The summed E-state index contributed by atoms with van der Waals surface area (Å²) in [6.45, 7) is 6.02. The molecule has 4 heteroatoms. The van der Waals surface area contributed by atoms with Crippen LogP contribution in [0, 0.1) is 0 Å². The smallest absolute Gasteiger partial charge is 0.169 e. The minimum absolute atomic E-state index is 0.732. The summed E-state index contributed by atoms with van der Waals surface area (Å²) in [5.41, 5.74) is 0. The Bertz CT molecular complexity index is 1010. The molecule has 0 bridgehead atoms. The second-order valence-corrected chi connectivity index (χ2v) is 12.5. The van der Waals surface area contributed by atoms with Crippen LogP contribution in [0.25, 0.3) is 21.5 Å². The molecule has 0 unspecified atom stereocenters. The van der Waals surface area contributed by atoms with E-state index in [0.29, 0.717) is 0 Å². The van der Waals surface area contributed by atoms with E-state index < -0.39 is 0 Å². The lowest BCUT2D eigenvalue weighted by atomic mass is 10.00. The van der Waals surface area contributed by atoms with E-state index in [4.69, 9.17) is 9.47 Å². The van der Waals surface area contributed by atoms with Gasteiger partial charge in [0.05, 0.1) is 13.2 Å². The maximum Gasteiger partial charge on any atom is 0.169 e. The molecule has 0 saturated carbocycles. The molecule has 0 N–H and O–H groups in total. The lowest BCUT2D eigenvalue weighted by Crippen LogP contribution is -2.04. The van der Waals surface area contributed by atoms with Crippen molar-refractivity contribution in [3.8, 4) is 11.5 Å². The van der Waals surface area contributed by atoms with E-state index in [-0.39, 0.29) is 0 Å². The Morgan fingerprint density at radius 3 is 1.16 bits per heavy atom. The first-order valence-corrected chi connectivity index (χ1v) is 16.8. The van der Waals surface area contributed by atoms with Crippen LogP contribution < -0.4 is 9.47 Å². The summed E-state index contributed by atoms with van der Waals surface area (Å²) in [4.78, 5) is 0. The molecule has 0 radical (unpaired) electrons. The predicted octanol–water partition coefficient (Wildman–Crippen LogP) is 12.6. The van der Waals surface area contributed by atoms with Gasteiger partial charge in [-0.25, -0.2) is 0 Å². The van der Waals surface area contributed by atoms with Gasteiger partial charge in [-0.1, -0.05) is 136 Å². The molecule has 0 amide bonds. The summed E-state index contributed by atoms with van der Waals surface area (Å²) in [5.74, 6) is 1.81. The molecule has 3 aromatic rings. The molecule has 210 valence electrons. The maximum absolute atomic E-state index is 6.55. The average Bonchev–Trinajstić information content (AvgIpc) is 2.92. The van der Waals surface area contributed by atoms with Crippen LogP contribution in [0.5, 0.6) is 11.5 Å². The quantitative estimate of drug-likeness (QED) is 0.0897. The van der Waals surface area contributed by atoms with Gasteiger partial charge in [0.15, 0.2) is 11.5 Å². The van der Waals surface area contributed by atoms with Crippen LogP contribution in [0.15, 0.2) is 45.3 Å². The van der Waals surface area contributed by atoms with Crippen molar-refractivity contribution in [1.29, 1.82) is 0 Å². The Balaban J connectivity index is 1.69. The van der Waals surface area contributed by atoms with E-state index in [0.717, 1.165) is 57.3 Å². The van der Waals surface area contributed by atoms with Gasteiger partial charge in [-0.15, -0.1) is 0 Å². The monoisotopic (exact) mass is 646 g/mol. The highest BCUT2D eigenvalue weighted by molar-refractivity contribution is 9.10. The Morgan fingerprint density at radius 1 is 0.447 bits per heavy atom. The number of hydrogen-bond acceptors (Lipinski definition) is 2. The molecular formula is C34H48Br2O2. The van der Waals surface area contributed by atoms with E-state index in [2.05, 4.69) is 82.1 Å². The van der Waals surface area contributed by atoms with Crippen LogP contribution in [0.2, 0.25) is 0 Å². The average molecular weight is 649 g/mol. The van der Waals surface area contributed by atoms with Gasteiger partial charge in [0.1, 0.15) is 0 Å². The first-order chi connectivity index (χ1) is 18.7. The Morgan fingerprint density at radius 2 is 0.789 bits per heavy atom. The van der Waals surface area contributed by atoms with Crippen molar-refractivity contribution in [3.63, 3.8) is 0 Å². The molecule has 0 aromatic heterocycles. The van der Waals surface area contributed by atoms with Crippen LogP contribution in [0.4, 0.5) is 0 Å². The van der Waals surface area contributed by atoms with Crippen LogP contribution >= 0.6 is 31.9 Å². The van der Waals surface area contributed by atoms with Gasteiger partial charge in [-0.3, -0.25) is 0 Å². The molecular weight excluding hydrogens is 600 g/mol. The molecule has 0 fully saturated rings. The van der Waals surface area contributed by atoms with E-state index in [1.807, 2.05) is 0 Å². The topological polar surface area (TPSA) is 18.5 Å². The lowest BCUT2D eigenvalue weighted by Gasteiger charge is -2.19. The fourth-order valence-corrected chi connectivity index (χ4v) is 5.95. The minimum atomic E-state index is 0.732. The Labute approximate surface area is 248 Å². The van der Waals surface area contributed by atoms with Crippen molar-refractivity contribution in [3.05, 3.63) is 45.3 Å². The van der Waals surface area contributed by atoms with Crippen LogP contribution in [0.3, 0.4) is 0 Å². The zero-order valence-corrected chi connectivity index (χ0v) is 26.9. The van der Waals surface area contributed by atoms with Crippen LogP contribution in [0.1, 0.15) is 117 Å². The van der Waals surface area contributed by atoms with Crippen molar-refractivity contribution >= 4 is 53.4 Å². The third-order valence-corrected chi connectivity index (χ3v) is 8.42. The molecule has 0 spiro atoms. The van der Waals surface area contributed by atoms with E-state index >= 15 is 0 Å². The molecule has 3 aromatic carbocycles. The number of rotatable bonds is 20. The first kappa shape index (κ1) is 31.3. The number of halogens is 2. The van der Waals surface area contributed by atoms with Gasteiger partial charge in [0, 0.05) is 19.7 Å². The fraction of sp³-hybridized carbons (Fsp3) is 0.588. The van der Waals surface area contributed by atoms with Gasteiger partial charge in [-0.2, -0.15) is 0 Å². The standard InChI is InChI=1S/C34H48Br2O2/c1-3-5-7-9-11-13-15-17-23-37-33-29-21-19-27(35)25-31(29)32-26-28(36)20-22-30(32)34(33)38-24-18-16-14-12-10-8-6-4-2/h19-22,25-26H,3-18,23-24H2,1-2H3. The summed E-state index contributed by atoms with van der Waals surface area (Å²) in [7, 11) is 0. The third kappa shape index (κ3) is 10.0. The van der Waals surface area contributed by atoms with Crippen molar-refractivity contribution in [1.82, 2.24) is 0 Å². The van der Waals surface area contributed by atoms with Gasteiger partial charge in [0.2, 0.25) is 0 Å². The SMILES string of the molecule is CCCCCCCCCCOc1c(OCCCCCCCCCC)c2ccc(Br)cc2c2cc(Br)ccc12. The van der Waals surface area contributed by atoms with Crippen LogP contribution in [-0.2, 0) is 0 Å². The van der Waals surface area contributed by atoms with Crippen LogP contribution in [-0.4, -0.2) is 13.2 Å². The minimum Gasteiger partial charge on any atom is -0.489 e. The molecule has 0 aliphatic rings.